The summed E-state index contributed by atoms with van der Waals surface area (Å²) in [6, 6.07) is 2.62. The molecule has 0 saturated heterocycles. The van der Waals surface area contributed by atoms with Crippen molar-refractivity contribution in [3.63, 3.8) is 0 Å². The smallest absolute Gasteiger partial charge is 0.144 e. The molecule has 0 spiro atoms. The monoisotopic (exact) mass is 218 g/mol. The topological polar surface area (TPSA) is 38.5 Å². The summed E-state index contributed by atoms with van der Waals surface area (Å²) in [5, 5.41) is 1.49. The third kappa shape index (κ3) is 2.08. The molecule has 0 aromatic heterocycles. The summed E-state index contributed by atoms with van der Waals surface area (Å²) < 4.78 is 13.1. The van der Waals surface area contributed by atoms with Crippen molar-refractivity contribution in [1.82, 2.24) is 0 Å². The molecule has 3 nitrogen and oxygen atoms in total. The molecule has 0 atom stereocenters. The SMILES string of the molecule is CCN(OC)c1cc(F)c(Cl)cc1N. The number of nitrogens with two attached hydrogens (primary N) is 1. The maximum Gasteiger partial charge on any atom is 0.144 e. The van der Waals surface area contributed by atoms with Gasteiger partial charge in [0.05, 0.1) is 23.5 Å². The minimum absolute atomic E-state index is 0.0124. The van der Waals surface area contributed by atoms with Gasteiger partial charge in [-0.2, -0.15) is 0 Å². The molecule has 1 rings (SSSR count). The normalized spacial score (nSPS) is 10.3. The van der Waals surface area contributed by atoms with Gasteiger partial charge in [0, 0.05) is 12.6 Å². The van der Waals surface area contributed by atoms with Crippen LogP contribution in [0, 0.1) is 5.82 Å². The summed E-state index contributed by atoms with van der Waals surface area (Å²) >= 11 is 5.56. The highest BCUT2D eigenvalue weighted by Crippen LogP contribution is 2.28. The van der Waals surface area contributed by atoms with Crippen LogP contribution in [0.4, 0.5) is 15.8 Å². The molecule has 0 aliphatic rings. The molecule has 0 saturated carbocycles. The Bertz CT molecular complexity index is 329. The van der Waals surface area contributed by atoms with E-state index in [-0.39, 0.29) is 5.02 Å². The predicted molar refractivity (Wildman–Crippen MR) is 55.9 cm³/mol. The molecule has 2 N–H and O–H groups in total. The molecule has 0 amide bonds. The maximum absolute atomic E-state index is 13.1. The van der Waals surface area contributed by atoms with Gasteiger partial charge in [0.1, 0.15) is 5.82 Å². The number of hydrogen-bond donors (Lipinski definition) is 1. The maximum atomic E-state index is 13.1. The number of benzene rings is 1. The van der Waals surface area contributed by atoms with E-state index in [1.807, 2.05) is 6.92 Å². The highest BCUT2D eigenvalue weighted by molar-refractivity contribution is 6.31. The van der Waals surface area contributed by atoms with Crippen LogP contribution in [0.3, 0.4) is 0 Å². The number of halogens is 2. The van der Waals surface area contributed by atoms with Gasteiger partial charge in [-0.1, -0.05) is 11.6 Å². The van der Waals surface area contributed by atoms with Crippen LogP contribution in [0.1, 0.15) is 6.92 Å². The third-order valence-corrected chi connectivity index (χ3v) is 2.14. The van der Waals surface area contributed by atoms with E-state index in [0.29, 0.717) is 17.9 Å². The van der Waals surface area contributed by atoms with E-state index in [9.17, 15) is 4.39 Å². The Hall–Kier alpha value is -1.00. The summed E-state index contributed by atoms with van der Waals surface area (Å²) in [5.41, 5.74) is 6.54. The number of nitrogens with zero attached hydrogens (tertiary/aromatic N) is 1. The molecule has 0 fully saturated rings. The Kier molecular flexibility index (Phi) is 3.55. The average Bonchev–Trinajstić information content (AvgIpc) is 2.15. The van der Waals surface area contributed by atoms with Crippen LogP contribution in [-0.2, 0) is 4.84 Å². The molecule has 5 heteroatoms. The van der Waals surface area contributed by atoms with Gasteiger partial charge in [-0.3, -0.25) is 9.90 Å². The van der Waals surface area contributed by atoms with Gasteiger partial charge in [0.25, 0.3) is 0 Å². The van der Waals surface area contributed by atoms with Crippen molar-refractivity contribution in [3.05, 3.63) is 23.0 Å². The Balaban J connectivity index is 3.14. The van der Waals surface area contributed by atoms with Crippen LogP contribution in [0.25, 0.3) is 0 Å². The summed E-state index contributed by atoms with van der Waals surface area (Å²) in [4.78, 5) is 5.00. The van der Waals surface area contributed by atoms with Crippen LogP contribution in [0.5, 0.6) is 0 Å². The molecular formula is C9H12ClFN2O. The molecule has 14 heavy (non-hydrogen) atoms. The fourth-order valence-corrected chi connectivity index (χ4v) is 1.34. The zero-order chi connectivity index (χ0) is 10.7. The van der Waals surface area contributed by atoms with E-state index >= 15 is 0 Å². The first-order valence-electron chi connectivity index (χ1n) is 4.16. The van der Waals surface area contributed by atoms with E-state index in [0.717, 1.165) is 0 Å². The van der Waals surface area contributed by atoms with E-state index < -0.39 is 5.82 Å². The fraction of sp³-hybridized carbons (Fsp3) is 0.333. The lowest BCUT2D eigenvalue weighted by atomic mass is 10.2. The molecule has 0 heterocycles. The molecule has 1 aromatic carbocycles. The minimum Gasteiger partial charge on any atom is -0.397 e. The number of hydrogen-bond acceptors (Lipinski definition) is 3. The van der Waals surface area contributed by atoms with Crippen molar-refractivity contribution in [2.24, 2.45) is 0 Å². The van der Waals surface area contributed by atoms with E-state index in [4.69, 9.17) is 22.2 Å². The molecule has 0 unspecified atom stereocenters. The Morgan fingerprint density at radius 1 is 1.57 bits per heavy atom. The first-order valence-corrected chi connectivity index (χ1v) is 4.54. The van der Waals surface area contributed by atoms with Crippen LogP contribution in [-0.4, -0.2) is 13.7 Å². The van der Waals surface area contributed by atoms with Crippen molar-refractivity contribution in [2.45, 2.75) is 6.92 Å². The summed E-state index contributed by atoms with van der Waals surface area (Å²) in [6.45, 7) is 2.44. The van der Waals surface area contributed by atoms with Gasteiger partial charge in [0.15, 0.2) is 0 Å². The second kappa shape index (κ2) is 4.48. The fourth-order valence-electron chi connectivity index (χ4n) is 1.17. The van der Waals surface area contributed by atoms with E-state index in [1.54, 1.807) is 0 Å². The van der Waals surface area contributed by atoms with Crippen LogP contribution < -0.4 is 10.8 Å². The van der Waals surface area contributed by atoms with Crippen molar-refractivity contribution < 1.29 is 9.23 Å². The highest BCUT2D eigenvalue weighted by atomic mass is 35.5. The lowest BCUT2D eigenvalue weighted by Gasteiger charge is -2.21. The Morgan fingerprint density at radius 2 is 2.21 bits per heavy atom. The van der Waals surface area contributed by atoms with Gasteiger partial charge < -0.3 is 5.73 Å². The standard InChI is InChI=1S/C9H12ClFN2O/c1-3-13(14-2)9-5-7(11)6(10)4-8(9)12/h4-5H,3,12H2,1-2H3. The van der Waals surface area contributed by atoms with Crippen molar-refractivity contribution in [3.8, 4) is 0 Å². The van der Waals surface area contributed by atoms with Crippen molar-refractivity contribution in [2.75, 3.05) is 24.5 Å². The van der Waals surface area contributed by atoms with Gasteiger partial charge >= 0.3 is 0 Å². The average molecular weight is 219 g/mol. The quantitative estimate of drug-likeness (QED) is 0.626. The van der Waals surface area contributed by atoms with Crippen LogP contribution in [0.2, 0.25) is 5.02 Å². The lowest BCUT2D eigenvalue weighted by Crippen LogP contribution is -2.22. The lowest BCUT2D eigenvalue weighted by molar-refractivity contribution is 0.171. The first-order chi connectivity index (χ1) is 6.60. The molecule has 0 aliphatic heterocycles. The minimum atomic E-state index is -0.508. The second-order valence-corrected chi connectivity index (χ2v) is 3.11. The third-order valence-electron chi connectivity index (χ3n) is 1.85. The zero-order valence-electron chi connectivity index (χ0n) is 8.05. The molecule has 78 valence electrons. The highest BCUT2D eigenvalue weighted by Gasteiger charge is 2.11. The molecule has 0 aliphatic carbocycles. The largest absolute Gasteiger partial charge is 0.397 e. The number of rotatable bonds is 3. The first kappa shape index (κ1) is 11.1. The number of anilines is 2. The molecule has 0 radical (unpaired) electrons. The number of nitrogen functional groups attached to an aromatic ring is 1. The number of hydroxylamine groups is 1. The molecule has 0 bridgehead atoms. The Morgan fingerprint density at radius 3 is 2.71 bits per heavy atom. The van der Waals surface area contributed by atoms with Crippen LogP contribution >= 0.6 is 11.6 Å². The second-order valence-electron chi connectivity index (χ2n) is 2.70. The predicted octanol–water partition coefficient (Wildman–Crippen LogP) is 2.45. The van der Waals surface area contributed by atoms with Gasteiger partial charge in [0.2, 0.25) is 0 Å². The Labute approximate surface area is 87.2 Å². The van der Waals surface area contributed by atoms with Gasteiger partial charge in [-0.15, -0.1) is 0 Å². The summed E-state index contributed by atoms with van der Waals surface area (Å²) in [7, 11) is 1.50. The van der Waals surface area contributed by atoms with Crippen LogP contribution in [0.15, 0.2) is 12.1 Å². The molecular weight excluding hydrogens is 207 g/mol. The summed E-state index contributed by atoms with van der Waals surface area (Å²) in [5.74, 6) is -0.508. The van der Waals surface area contributed by atoms with Crippen molar-refractivity contribution >= 4 is 23.0 Å². The van der Waals surface area contributed by atoms with E-state index in [2.05, 4.69) is 0 Å². The van der Waals surface area contributed by atoms with E-state index in [1.165, 1.54) is 24.3 Å². The van der Waals surface area contributed by atoms with Crippen molar-refractivity contribution in [1.29, 1.82) is 0 Å². The molecule has 1 aromatic rings. The summed E-state index contributed by atoms with van der Waals surface area (Å²) in [6.07, 6.45) is 0. The van der Waals surface area contributed by atoms with Gasteiger partial charge in [-0.05, 0) is 13.0 Å². The zero-order valence-corrected chi connectivity index (χ0v) is 8.81. The van der Waals surface area contributed by atoms with Gasteiger partial charge in [-0.25, -0.2) is 4.39 Å².